The van der Waals surface area contributed by atoms with Gasteiger partial charge in [0.25, 0.3) is 0 Å². The minimum Gasteiger partial charge on any atom is -0.493 e. The van der Waals surface area contributed by atoms with Crippen LogP contribution in [0.4, 0.5) is 0 Å². The van der Waals surface area contributed by atoms with Gasteiger partial charge < -0.3 is 15.4 Å². The Balaban J connectivity index is 0.00000400. The molecule has 2 N–H and O–H groups in total. The number of hydrogen-bond acceptors (Lipinski definition) is 3. The quantitative estimate of drug-likeness (QED) is 0.878. The van der Waals surface area contributed by atoms with E-state index in [1.54, 1.807) is 11.9 Å². The van der Waals surface area contributed by atoms with Gasteiger partial charge in [0.2, 0.25) is 5.91 Å². The van der Waals surface area contributed by atoms with E-state index in [4.69, 9.17) is 10.5 Å². The number of benzene rings is 1. The van der Waals surface area contributed by atoms with Gasteiger partial charge in [-0.25, -0.2) is 0 Å². The number of hydrogen-bond donors (Lipinski definition) is 1. The monoisotopic (exact) mass is 314 g/mol. The Kier molecular flexibility index (Phi) is 8.37. The summed E-state index contributed by atoms with van der Waals surface area (Å²) >= 11 is 0. The molecule has 1 aromatic carbocycles. The summed E-state index contributed by atoms with van der Waals surface area (Å²) in [5.74, 6) is 0.926. The smallest absolute Gasteiger partial charge is 0.226 e. The van der Waals surface area contributed by atoms with Crippen molar-refractivity contribution in [3.63, 3.8) is 0 Å². The van der Waals surface area contributed by atoms with E-state index in [0.717, 1.165) is 11.3 Å². The average molecular weight is 315 g/mol. The first-order valence-corrected chi connectivity index (χ1v) is 7.03. The van der Waals surface area contributed by atoms with E-state index in [1.807, 2.05) is 26.8 Å². The highest BCUT2D eigenvalue weighted by Gasteiger charge is 2.14. The van der Waals surface area contributed by atoms with Gasteiger partial charge in [-0.2, -0.15) is 0 Å². The molecular weight excluding hydrogens is 288 g/mol. The zero-order chi connectivity index (χ0) is 15.3. The number of aryl methyl sites for hydroxylation is 2. The number of ether oxygens (including phenoxy) is 1. The van der Waals surface area contributed by atoms with Gasteiger partial charge in [0, 0.05) is 19.6 Å². The molecule has 0 radical (unpaired) electrons. The molecule has 5 heteroatoms. The van der Waals surface area contributed by atoms with Gasteiger partial charge in [0.15, 0.2) is 0 Å². The van der Waals surface area contributed by atoms with Crippen LogP contribution in [-0.4, -0.2) is 37.0 Å². The van der Waals surface area contributed by atoms with Crippen LogP contribution in [0.5, 0.6) is 5.75 Å². The topological polar surface area (TPSA) is 55.6 Å². The van der Waals surface area contributed by atoms with Crippen molar-refractivity contribution in [2.75, 3.05) is 20.2 Å². The van der Waals surface area contributed by atoms with Crippen LogP contribution in [0.1, 0.15) is 30.0 Å². The Morgan fingerprint density at radius 3 is 2.52 bits per heavy atom. The Bertz CT molecular complexity index is 478. The third-order valence-corrected chi connectivity index (χ3v) is 3.73. The number of rotatable bonds is 6. The minimum atomic E-state index is 0. The summed E-state index contributed by atoms with van der Waals surface area (Å²) in [4.78, 5) is 13.6. The second-order valence-electron chi connectivity index (χ2n) is 5.39. The Hall–Kier alpha value is -1.26. The van der Waals surface area contributed by atoms with Gasteiger partial charge in [0.05, 0.1) is 13.0 Å². The van der Waals surface area contributed by atoms with E-state index < -0.39 is 0 Å². The molecule has 1 amide bonds. The molecule has 1 rings (SSSR count). The molecule has 1 unspecified atom stereocenters. The molecule has 0 bridgehead atoms. The molecule has 0 aliphatic rings. The summed E-state index contributed by atoms with van der Waals surface area (Å²) in [6.07, 6.45) is 0.368. The van der Waals surface area contributed by atoms with Gasteiger partial charge in [-0.05, 0) is 50.5 Å². The summed E-state index contributed by atoms with van der Waals surface area (Å²) in [6, 6.07) is 4.20. The molecule has 0 heterocycles. The Morgan fingerprint density at radius 2 is 1.95 bits per heavy atom. The van der Waals surface area contributed by atoms with Crippen molar-refractivity contribution >= 4 is 18.3 Å². The maximum Gasteiger partial charge on any atom is 0.226 e. The molecule has 21 heavy (non-hydrogen) atoms. The summed E-state index contributed by atoms with van der Waals surface area (Å²) < 4.78 is 5.75. The number of amides is 1. The first-order chi connectivity index (χ1) is 9.36. The van der Waals surface area contributed by atoms with E-state index >= 15 is 0 Å². The maximum atomic E-state index is 11.9. The van der Waals surface area contributed by atoms with Gasteiger partial charge >= 0.3 is 0 Å². The van der Waals surface area contributed by atoms with Gasteiger partial charge in [-0.1, -0.05) is 6.07 Å². The van der Waals surface area contributed by atoms with Crippen LogP contribution in [0, 0.1) is 20.8 Å². The zero-order valence-electron chi connectivity index (χ0n) is 13.6. The Morgan fingerprint density at radius 1 is 1.33 bits per heavy atom. The lowest BCUT2D eigenvalue weighted by molar-refractivity contribution is -0.132. The van der Waals surface area contributed by atoms with Crippen molar-refractivity contribution in [1.82, 2.24) is 4.90 Å². The molecular formula is C16H27ClN2O2. The molecule has 0 saturated heterocycles. The van der Waals surface area contributed by atoms with Crippen LogP contribution in [0.2, 0.25) is 0 Å². The van der Waals surface area contributed by atoms with Crippen LogP contribution >= 0.6 is 12.4 Å². The first-order valence-electron chi connectivity index (χ1n) is 7.03. The molecule has 120 valence electrons. The fraction of sp³-hybridized carbons (Fsp3) is 0.562. The van der Waals surface area contributed by atoms with Crippen molar-refractivity contribution in [3.8, 4) is 5.75 Å². The second kappa shape index (κ2) is 8.90. The highest BCUT2D eigenvalue weighted by Crippen LogP contribution is 2.23. The fourth-order valence-corrected chi connectivity index (χ4v) is 1.98. The molecule has 4 nitrogen and oxygen atoms in total. The molecule has 0 spiro atoms. The van der Waals surface area contributed by atoms with Gasteiger partial charge in [0.1, 0.15) is 5.75 Å². The van der Waals surface area contributed by atoms with Crippen molar-refractivity contribution in [2.24, 2.45) is 5.73 Å². The standard InChI is InChI=1S/C16H26N2O2.ClH/c1-11-8-12(2)14(4)15(9-11)20-7-6-16(19)18(5)13(3)10-17;/h8-9,13H,6-7,10,17H2,1-5H3;1H. The summed E-state index contributed by atoms with van der Waals surface area (Å²) in [5, 5.41) is 0. The normalized spacial score (nSPS) is 11.5. The lowest BCUT2D eigenvalue weighted by atomic mass is 10.1. The summed E-state index contributed by atoms with van der Waals surface area (Å²) in [5.41, 5.74) is 9.07. The molecule has 1 aromatic rings. The van der Waals surface area contributed by atoms with Crippen LogP contribution in [0.15, 0.2) is 12.1 Å². The zero-order valence-corrected chi connectivity index (χ0v) is 14.4. The van der Waals surface area contributed by atoms with Crippen molar-refractivity contribution in [1.29, 1.82) is 0 Å². The largest absolute Gasteiger partial charge is 0.493 e. The SMILES string of the molecule is Cc1cc(C)c(C)c(OCCC(=O)N(C)C(C)CN)c1.Cl. The number of likely N-dealkylation sites (N-methyl/N-ethyl adjacent to an activating group) is 1. The number of nitrogens with two attached hydrogens (primary N) is 1. The highest BCUT2D eigenvalue weighted by molar-refractivity contribution is 5.85. The van der Waals surface area contributed by atoms with Crippen molar-refractivity contribution in [3.05, 3.63) is 28.8 Å². The van der Waals surface area contributed by atoms with E-state index in [0.29, 0.717) is 19.6 Å². The third kappa shape index (κ3) is 5.56. The van der Waals surface area contributed by atoms with Crippen LogP contribution in [-0.2, 0) is 4.79 Å². The molecule has 0 saturated carbocycles. The molecule has 0 aromatic heterocycles. The van der Waals surface area contributed by atoms with E-state index in [9.17, 15) is 4.79 Å². The number of nitrogens with zero attached hydrogens (tertiary/aromatic N) is 1. The molecule has 0 aliphatic heterocycles. The third-order valence-electron chi connectivity index (χ3n) is 3.73. The van der Waals surface area contributed by atoms with Crippen LogP contribution in [0.3, 0.4) is 0 Å². The second-order valence-corrected chi connectivity index (χ2v) is 5.39. The summed E-state index contributed by atoms with van der Waals surface area (Å²) in [6.45, 7) is 8.95. The van der Waals surface area contributed by atoms with Gasteiger partial charge in [-0.15, -0.1) is 12.4 Å². The predicted octanol–water partition coefficient (Wildman–Crippen LogP) is 2.61. The molecule has 0 aliphatic carbocycles. The minimum absolute atomic E-state index is 0. The average Bonchev–Trinajstić information content (AvgIpc) is 2.41. The van der Waals surface area contributed by atoms with Crippen molar-refractivity contribution in [2.45, 2.75) is 40.2 Å². The first kappa shape index (κ1) is 19.7. The lowest BCUT2D eigenvalue weighted by Crippen LogP contribution is -2.40. The van der Waals surface area contributed by atoms with E-state index in [2.05, 4.69) is 13.0 Å². The number of halogens is 1. The van der Waals surface area contributed by atoms with E-state index in [-0.39, 0.29) is 24.4 Å². The number of carbonyl (C=O) groups excluding carboxylic acids is 1. The van der Waals surface area contributed by atoms with Gasteiger partial charge in [-0.3, -0.25) is 4.79 Å². The van der Waals surface area contributed by atoms with E-state index in [1.165, 1.54) is 11.1 Å². The van der Waals surface area contributed by atoms with Crippen molar-refractivity contribution < 1.29 is 9.53 Å². The lowest BCUT2D eigenvalue weighted by Gasteiger charge is -2.23. The predicted molar refractivity (Wildman–Crippen MR) is 89.3 cm³/mol. The highest BCUT2D eigenvalue weighted by atomic mass is 35.5. The molecule has 0 fully saturated rings. The number of carbonyl (C=O) groups is 1. The Labute approximate surface area is 134 Å². The summed E-state index contributed by atoms with van der Waals surface area (Å²) in [7, 11) is 1.78. The van der Waals surface area contributed by atoms with Crippen LogP contribution < -0.4 is 10.5 Å². The maximum absolute atomic E-state index is 11.9. The molecule has 1 atom stereocenters. The fourth-order valence-electron chi connectivity index (χ4n) is 1.98. The van der Waals surface area contributed by atoms with Crippen LogP contribution in [0.25, 0.3) is 0 Å².